The Morgan fingerprint density at radius 3 is 2.96 bits per heavy atom. The van der Waals surface area contributed by atoms with Crippen molar-refractivity contribution in [3.63, 3.8) is 0 Å². The fourth-order valence-electron chi connectivity index (χ4n) is 2.55. The van der Waals surface area contributed by atoms with Crippen LogP contribution in [-0.2, 0) is 13.6 Å². The van der Waals surface area contributed by atoms with Crippen LogP contribution in [0.15, 0.2) is 42.9 Å². The topological polar surface area (TPSA) is 73.0 Å². The molecule has 1 aliphatic rings. The Labute approximate surface area is 139 Å². The van der Waals surface area contributed by atoms with E-state index in [0.29, 0.717) is 12.5 Å². The second-order valence-corrected chi connectivity index (χ2v) is 5.45. The largest absolute Gasteiger partial charge is 0.497 e. The monoisotopic (exact) mass is 323 g/mol. The second-order valence-electron chi connectivity index (χ2n) is 5.45. The van der Waals surface area contributed by atoms with Gasteiger partial charge in [-0.05, 0) is 12.1 Å². The van der Waals surface area contributed by atoms with Crippen LogP contribution in [-0.4, -0.2) is 31.7 Å². The standard InChI is InChI=1S/C16H17N7O/c1-21-10-13(9-17-21)22-6-7-23-15(11-22)19-16(20-23)18-12-4-3-5-14(8-12)24-2/h3-10H,11H2,1-2H3,(H,18,20). The molecule has 1 aromatic carbocycles. The normalized spacial score (nSPS) is 13.0. The molecule has 0 amide bonds. The summed E-state index contributed by atoms with van der Waals surface area (Å²) >= 11 is 0. The van der Waals surface area contributed by atoms with Gasteiger partial charge in [0.15, 0.2) is 5.82 Å². The molecular formula is C16H17N7O. The van der Waals surface area contributed by atoms with Crippen molar-refractivity contribution in [3.05, 3.63) is 48.7 Å². The highest BCUT2D eigenvalue weighted by atomic mass is 16.5. The molecule has 0 unspecified atom stereocenters. The van der Waals surface area contributed by atoms with Crippen molar-refractivity contribution < 1.29 is 4.74 Å². The first-order valence-corrected chi connectivity index (χ1v) is 7.51. The molecule has 2 aromatic heterocycles. The number of nitrogens with zero attached hydrogens (tertiary/aromatic N) is 6. The molecule has 3 heterocycles. The second kappa shape index (κ2) is 5.73. The molecule has 1 N–H and O–H groups in total. The van der Waals surface area contributed by atoms with Crippen molar-refractivity contribution in [2.24, 2.45) is 7.05 Å². The van der Waals surface area contributed by atoms with Gasteiger partial charge in [0.25, 0.3) is 0 Å². The van der Waals surface area contributed by atoms with Crippen molar-refractivity contribution in [2.75, 3.05) is 17.3 Å². The number of hydrogen-bond donors (Lipinski definition) is 1. The first-order valence-electron chi connectivity index (χ1n) is 7.51. The SMILES string of the molecule is COc1cccc(Nc2nc3n(n2)C=CN(c2cnn(C)c2)C3)c1. The quantitative estimate of drug-likeness (QED) is 0.793. The van der Waals surface area contributed by atoms with Gasteiger partial charge in [0.1, 0.15) is 5.75 Å². The molecule has 1 aliphatic heterocycles. The maximum Gasteiger partial charge on any atom is 0.247 e. The first-order chi connectivity index (χ1) is 11.7. The summed E-state index contributed by atoms with van der Waals surface area (Å²) in [6.07, 6.45) is 7.64. The third-order valence-electron chi connectivity index (χ3n) is 3.75. The number of fused-ring (bicyclic) bond motifs is 1. The van der Waals surface area contributed by atoms with E-state index in [9.17, 15) is 0 Å². The zero-order valence-corrected chi connectivity index (χ0v) is 13.4. The molecule has 0 aliphatic carbocycles. The Kier molecular flexibility index (Phi) is 3.42. The van der Waals surface area contributed by atoms with Crippen LogP contribution < -0.4 is 15.0 Å². The lowest BCUT2D eigenvalue weighted by Gasteiger charge is -2.20. The fraction of sp³-hybridized carbons (Fsp3) is 0.188. The maximum absolute atomic E-state index is 5.23. The van der Waals surface area contributed by atoms with Gasteiger partial charge < -0.3 is 15.0 Å². The number of anilines is 3. The van der Waals surface area contributed by atoms with Crippen molar-refractivity contribution >= 4 is 23.5 Å². The summed E-state index contributed by atoms with van der Waals surface area (Å²) in [4.78, 5) is 6.64. The van der Waals surface area contributed by atoms with E-state index in [1.165, 1.54) is 0 Å². The van der Waals surface area contributed by atoms with E-state index in [1.807, 2.05) is 56.1 Å². The van der Waals surface area contributed by atoms with E-state index in [-0.39, 0.29) is 0 Å². The summed E-state index contributed by atoms with van der Waals surface area (Å²) in [6, 6.07) is 7.66. The molecule has 122 valence electrons. The summed E-state index contributed by atoms with van der Waals surface area (Å²) in [5.74, 6) is 2.19. The van der Waals surface area contributed by atoms with Gasteiger partial charge in [-0.3, -0.25) is 4.68 Å². The fourth-order valence-corrected chi connectivity index (χ4v) is 2.55. The van der Waals surface area contributed by atoms with E-state index >= 15 is 0 Å². The Bertz CT molecular complexity index is 895. The molecule has 0 fully saturated rings. The molecule has 0 saturated heterocycles. The smallest absolute Gasteiger partial charge is 0.247 e. The van der Waals surface area contributed by atoms with Gasteiger partial charge in [-0.1, -0.05) is 6.07 Å². The van der Waals surface area contributed by atoms with Gasteiger partial charge in [-0.2, -0.15) is 10.1 Å². The first kappa shape index (κ1) is 14.3. The number of aryl methyl sites for hydroxylation is 1. The lowest BCUT2D eigenvalue weighted by Crippen LogP contribution is -2.21. The van der Waals surface area contributed by atoms with Crippen molar-refractivity contribution in [1.82, 2.24) is 24.5 Å². The molecule has 0 radical (unpaired) electrons. The summed E-state index contributed by atoms with van der Waals surface area (Å²) in [7, 11) is 3.54. The van der Waals surface area contributed by atoms with Crippen molar-refractivity contribution in [2.45, 2.75) is 6.54 Å². The van der Waals surface area contributed by atoms with E-state index in [0.717, 1.165) is 22.9 Å². The van der Waals surface area contributed by atoms with Crippen LogP contribution in [0.2, 0.25) is 0 Å². The molecule has 8 nitrogen and oxygen atoms in total. The predicted molar refractivity (Wildman–Crippen MR) is 91.0 cm³/mol. The third-order valence-corrected chi connectivity index (χ3v) is 3.75. The number of aromatic nitrogens is 5. The van der Waals surface area contributed by atoms with Crippen LogP contribution in [0, 0.1) is 0 Å². The van der Waals surface area contributed by atoms with Gasteiger partial charge in [0, 0.05) is 37.4 Å². The highest BCUT2D eigenvalue weighted by Crippen LogP contribution is 2.23. The Morgan fingerprint density at radius 1 is 1.25 bits per heavy atom. The summed E-state index contributed by atoms with van der Waals surface area (Å²) < 4.78 is 8.78. The highest BCUT2D eigenvalue weighted by Gasteiger charge is 2.17. The minimum atomic E-state index is 0.552. The number of rotatable bonds is 4. The van der Waals surface area contributed by atoms with Gasteiger partial charge in [-0.15, -0.1) is 5.10 Å². The number of nitrogens with one attached hydrogen (secondary N) is 1. The minimum Gasteiger partial charge on any atom is -0.497 e. The predicted octanol–water partition coefficient (Wildman–Crippen LogP) is 2.21. The molecule has 0 saturated carbocycles. The van der Waals surface area contributed by atoms with Crippen molar-refractivity contribution in [3.8, 4) is 5.75 Å². The Morgan fingerprint density at radius 2 is 2.17 bits per heavy atom. The molecule has 24 heavy (non-hydrogen) atoms. The Hall–Kier alpha value is -3.29. The number of methoxy groups -OCH3 is 1. The number of benzene rings is 1. The van der Waals surface area contributed by atoms with Crippen LogP contribution in [0.4, 0.5) is 17.3 Å². The van der Waals surface area contributed by atoms with E-state index in [2.05, 4.69) is 25.4 Å². The molecular weight excluding hydrogens is 306 g/mol. The number of hydrogen-bond acceptors (Lipinski definition) is 6. The summed E-state index contributed by atoms with van der Waals surface area (Å²) in [5.41, 5.74) is 1.90. The zero-order valence-electron chi connectivity index (χ0n) is 13.4. The van der Waals surface area contributed by atoms with Crippen LogP contribution in [0.1, 0.15) is 5.82 Å². The van der Waals surface area contributed by atoms with Crippen LogP contribution >= 0.6 is 0 Å². The van der Waals surface area contributed by atoms with Crippen LogP contribution in [0.25, 0.3) is 6.20 Å². The van der Waals surface area contributed by atoms with Crippen LogP contribution in [0.5, 0.6) is 5.75 Å². The molecule has 0 bridgehead atoms. The van der Waals surface area contributed by atoms with Gasteiger partial charge >= 0.3 is 0 Å². The maximum atomic E-state index is 5.23. The lowest BCUT2D eigenvalue weighted by molar-refractivity contribution is 0.415. The summed E-state index contributed by atoms with van der Waals surface area (Å²) in [5, 5.41) is 11.9. The van der Waals surface area contributed by atoms with E-state index < -0.39 is 0 Å². The zero-order chi connectivity index (χ0) is 16.5. The lowest BCUT2D eigenvalue weighted by atomic mass is 10.3. The summed E-state index contributed by atoms with van der Waals surface area (Å²) in [6.45, 7) is 0.634. The Balaban J connectivity index is 1.53. The third kappa shape index (κ3) is 2.69. The molecule has 3 aromatic rings. The average molecular weight is 323 g/mol. The van der Waals surface area contributed by atoms with Crippen molar-refractivity contribution in [1.29, 1.82) is 0 Å². The minimum absolute atomic E-state index is 0.552. The average Bonchev–Trinajstić information content (AvgIpc) is 3.19. The van der Waals surface area contributed by atoms with Gasteiger partial charge in [0.05, 0.1) is 25.5 Å². The van der Waals surface area contributed by atoms with Crippen LogP contribution in [0.3, 0.4) is 0 Å². The molecule has 0 spiro atoms. The molecule has 4 rings (SSSR count). The van der Waals surface area contributed by atoms with Gasteiger partial charge in [-0.25, -0.2) is 4.68 Å². The van der Waals surface area contributed by atoms with E-state index in [1.54, 1.807) is 16.5 Å². The van der Waals surface area contributed by atoms with E-state index in [4.69, 9.17) is 4.74 Å². The molecule has 8 heteroatoms. The van der Waals surface area contributed by atoms with Gasteiger partial charge in [0.2, 0.25) is 5.95 Å². The highest BCUT2D eigenvalue weighted by molar-refractivity contribution is 5.57. The number of ether oxygens (including phenoxy) is 1. The molecule has 0 atom stereocenters.